The van der Waals surface area contributed by atoms with Crippen LogP contribution in [0, 0.1) is 0 Å². The van der Waals surface area contributed by atoms with E-state index < -0.39 is 163 Å². The third-order valence-corrected chi connectivity index (χ3v) is 46.1. The second-order valence-electron chi connectivity index (χ2n) is 12.8. The average Bonchev–Trinajstić information content (AvgIpc) is 3.09. The van der Waals surface area contributed by atoms with Crippen LogP contribution in [0.5, 0.6) is 0 Å². The molecule has 0 aromatic heterocycles. The van der Waals surface area contributed by atoms with Gasteiger partial charge in [0.05, 0.1) is 12.1 Å². The summed E-state index contributed by atoms with van der Waals surface area (Å²) in [6.45, 7) is 0.458. The first-order valence-electron chi connectivity index (χ1n) is 17.8. The highest BCUT2D eigenvalue weighted by Crippen LogP contribution is 2.34. The first-order chi connectivity index (χ1) is 29.2. The van der Waals surface area contributed by atoms with Gasteiger partial charge in [-0.1, -0.05) is 12.8 Å². The lowest BCUT2D eigenvalue weighted by Crippen LogP contribution is -2.72. The van der Waals surface area contributed by atoms with E-state index in [4.69, 9.17) is 98.8 Å². The summed E-state index contributed by atoms with van der Waals surface area (Å²) in [6, 6.07) is -0.982. The minimum atomic E-state index is -3.66. The van der Waals surface area contributed by atoms with Gasteiger partial charge in [0, 0.05) is 25.2 Å². The van der Waals surface area contributed by atoms with E-state index in [0.717, 1.165) is 12.8 Å². The Hall–Kier alpha value is 1.05. The predicted octanol–water partition coefficient (Wildman–Crippen LogP) is -6.12. The lowest BCUT2D eigenvalue weighted by atomic mass is 9.90. The monoisotopic (exact) mass is 1110 g/mol. The third kappa shape index (κ3) is 10.4. The van der Waals surface area contributed by atoms with Gasteiger partial charge in [0.2, 0.25) is 0 Å². The van der Waals surface area contributed by atoms with E-state index in [1.165, 1.54) is 0 Å². The molecule has 0 spiro atoms. The van der Waals surface area contributed by atoms with Crippen molar-refractivity contribution in [2.24, 2.45) is 0 Å². The summed E-state index contributed by atoms with van der Waals surface area (Å²) in [4.78, 5) is 26.3. The fourth-order valence-electron chi connectivity index (χ4n) is 6.22. The molecule has 46 heteroatoms. The van der Waals surface area contributed by atoms with Crippen LogP contribution in [0.25, 0.3) is 0 Å². The van der Waals surface area contributed by atoms with Crippen LogP contribution >= 0.6 is 0 Å². The van der Waals surface area contributed by atoms with Crippen LogP contribution in [0.1, 0.15) is 38.5 Å². The first-order valence-corrected chi connectivity index (χ1v) is 38.9. The zero-order chi connectivity index (χ0) is 40.3. The molecule has 4 amide bonds. The van der Waals surface area contributed by atoms with Crippen molar-refractivity contribution in [2.75, 3.05) is 13.1 Å². The molecule has 322 valence electrons. The molecule has 14 radical (unpaired) electrons. The summed E-state index contributed by atoms with van der Waals surface area (Å²) in [6.07, 6.45) is 3.87. The van der Waals surface area contributed by atoms with Crippen LogP contribution < -0.4 is 21.3 Å². The van der Waals surface area contributed by atoms with Crippen molar-refractivity contribution in [3.05, 3.63) is 0 Å². The molecule has 13 aliphatic rings. The molecule has 2 atom stereocenters. The van der Waals surface area contributed by atoms with Gasteiger partial charge >= 0.3 is 163 Å². The lowest BCUT2D eigenvalue weighted by molar-refractivity contribution is 0.0260. The number of hydrogen-bond donors (Lipinski definition) is 4. The Morgan fingerprint density at radius 3 is 0.867 bits per heavy atom. The summed E-state index contributed by atoms with van der Waals surface area (Å²) in [5.74, 6) is 0. The summed E-state index contributed by atoms with van der Waals surface area (Å²) in [7, 11) is -41.7. The van der Waals surface area contributed by atoms with Crippen molar-refractivity contribution in [1.82, 2.24) is 21.3 Å². The lowest BCUT2D eigenvalue weighted by Gasteiger charge is -2.45. The van der Waals surface area contributed by atoms with Gasteiger partial charge < -0.3 is 120 Å². The number of rotatable bonds is 10. The summed E-state index contributed by atoms with van der Waals surface area (Å²) in [5.41, 5.74) is 0. The van der Waals surface area contributed by atoms with Crippen LogP contribution in [0.2, 0.25) is 12.1 Å². The Bertz CT molecular complexity index is 1320. The molecule has 30 nitrogen and oxygen atoms in total. The van der Waals surface area contributed by atoms with Gasteiger partial charge in [0.15, 0.2) is 0 Å². The Balaban J connectivity index is 0.650. The molecule has 12 aliphatic heterocycles. The number of amides is 4. The van der Waals surface area contributed by atoms with Gasteiger partial charge in [-0.25, -0.2) is 9.59 Å². The smallest absolute Gasteiger partial charge is 0.371 e. The van der Waals surface area contributed by atoms with Crippen molar-refractivity contribution >= 4 is 163 Å². The summed E-state index contributed by atoms with van der Waals surface area (Å²) >= 11 is 0. The third-order valence-electron chi connectivity index (χ3n) is 8.72. The van der Waals surface area contributed by atoms with Gasteiger partial charge in [0.1, 0.15) is 0 Å². The number of nitrogens with one attached hydrogen (secondary N) is 4. The second-order valence-corrected chi connectivity index (χ2v) is 43.1. The molecule has 60 heavy (non-hydrogen) atoms. The van der Waals surface area contributed by atoms with Gasteiger partial charge in [-0.15, -0.1) is 0 Å². The van der Waals surface area contributed by atoms with Crippen molar-refractivity contribution in [2.45, 2.75) is 62.7 Å². The molecule has 1 saturated carbocycles. The van der Waals surface area contributed by atoms with Gasteiger partial charge in [0.25, 0.3) is 0 Å². The molecule has 12 saturated heterocycles. The van der Waals surface area contributed by atoms with Gasteiger partial charge in [-0.05, 0) is 25.7 Å². The second kappa shape index (κ2) is 19.0. The maximum atomic E-state index is 13.1. The van der Waals surface area contributed by atoms with E-state index in [2.05, 4.69) is 21.3 Å². The highest BCUT2D eigenvalue weighted by Gasteiger charge is 2.67. The van der Waals surface area contributed by atoms with E-state index in [9.17, 15) is 9.59 Å². The number of carbonyl (C=O) groups is 2. The van der Waals surface area contributed by atoms with E-state index in [1.54, 1.807) is 0 Å². The van der Waals surface area contributed by atoms with E-state index in [1.807, 2.05) is 0 Å². The quantitative estimate of drug-likeness (QED) is 0.117. The number of hydrogen-bond acceptors (Lipinski definition) is 26. The minimum Gasteiger partial charge on any atom is -0.371 e. The molecule has 12 heterocycles. The van der Waals surface area contributed by atoms with Gasteiger partial charge in [-0.2, -0.15) is 0 Å². The number of urea groups is 2. The van der Waals surface area contributed by atoms with Crippen LogP contribution in [-0.4, -0.2) is 188 Å². The standard InChI is InChI=1S/C14H26N4O26Si16/c19-13(15-7-3-9-59-39-53-27-47-21-45-22-48(29-53)31-55(41-59)32-49(23-45)30-54(28-47)40-59)17-11-5-1-2-6-12(11)18-14(20)16-8-4-10-60-42-56-33-50-24-46-25-51(35-56)37-58(44-60)38-52(26-46)36-57(34-50)43-60/h11-12H,1-10H2,(H2,15,17,19)(H2,16,18,20)/t11-,12-/m1/s1. The molecular weight excluding hydrogens is 1090 g/mol. The molecule has 13 fully saturated rings. The van der Waals surface area contributed by atoms with Crippen LogP contribution in [0.4, 0.5) is 9.59 Å². The fourth-order valence-corrected chi connectivity index (χ4v) is 51.8. The van der Waals surface area contributed by atoms with Gasteiger partial charge in [-0.3, -0.25) is 0 Å². The maximum absolute atomic E-state index is 13.1. The highest BCUT2D eigenvalue weighted by molar-refractivity contribution is 6.88. The minimum absolute atomic E-state index is 0.225. The SMILES string of the molecule is O=C(NCCC[Si]12O[Si]3O[Si]4O[Si]5O[Si](O3)O[Si](O[Si](O5)O[Si](O4)O1)O2)N[C@@H]1CCCC[C@H]1NC(=O)NCCC[Si]12O[Si]3O[Si]4O[Si]5O[Si](O3)O[Si](O[Si](O5)O[Si](O4)O1)O2. The number of carbonyl (C=O) groups excluding carboxylic acids is 2. The molecule has 16 bridgehead atoms. The molecular formula is C14H26N4O26Si16. The van der Waals surface area contributed by atoms with Crippen LogP contribution in [-0.2, 0) is 98.8 Å². The molecule has 4 N–H and O–H groups in total. The van der Waals surface area contributed by atoms with E-state index >= 15 is 0 Å². The molecule has 0 aromatic rings. The van der Waals surface area contributed by atoms with Crippen LogP contribution in [0.15, 0.2) is 0 Å². The molecule has 1 aliphatic carbocycles. The molecule has 0 unspecified atom stereocenters. The van der Waals surface area contributed by atoms with Crippen molar-refractivity contribution in [1.29, 1.82) is 0 Å². The topological polar surface area (TPSA) is 304 Å². The Morgan fingerprint density at radius 1 is 0.383 bits per heavy atom. The molecule has 0 aromatic carbocycles. The van der Waals surface area contributed by atoms with E-state index in [-0.39, 0.29) is 37.3 Å². The highest BCUT2D eigenvalue weighted by atomic mass is 28.6. The Kier molecular flexibility index (Phi) is 13.8. The normalized spacial score (nSPS) is 33.0. The van der Waals surface area contributed by atoms with Crippen molar-refractivity contribution < 1.29 is 108 Å². The average molecular weight is 1120 g/mol. The maximum Gasteiger partial charge on any atom is 0.553 e. The first kappa shape index (κ1) is 43.6. The Morgan fingerprint density at radius 2 is 0.617 bits per heavy atom. The fraction of sp³-hybridized carbons (Fsp3) is 0.857. The predicted molar refractivity (Wildman–Crippen MR) is 196 cm³/mol. The Labute approximate surface area is 366 Å². The summed E-state index contributed by atoms with van der Waals surface area (Å²) in [5, 5.41) is 11.8. The largest absolute Gasteiger partial charge is 0.553 e. The summed E-state index contributed by atoms with van der Waals surface area (Å²) < 4.78 is 144. The zero-order valence-electron chi connectivity index (χ0n) is 29.8. The molecule has 13 rings (SSSR count). The van der Waals surface area contributed by atoms with Crippen LogP contribution in [0.3, 0.4) is 0 Å². The zero-order valence-corrected chi connectivity index (χ0v) is 45.8. The van der Waals surface area contributed by atoms with Crippen molar-refractivity contribution in [3.63, 3.8) is 0 Å². The van der Waals surface area contributed by atoms with Crippen molar-refractivity contribution in [3.8, 4) is 0 Å². The van der Waals surface area contributed by atoms with E-state index in [0.29, 0.717) is 25.7 Å².